The zero-order valence-electron chi connectivity index (χ0n) is 16.6. The van der Waals surface area contributed by atoms with Crippen LogP contribution in [0.5, 0.6) is 0 Å². The molecule has 0 unspecified atom stereocenters. The minimum absolute atomic E-state index is 0.292. The Balaban J connectivity index is 1.74. The number of hydrogen-bond acceptors (Lipinski definition) is 4. The van der Waals surface area contributed by atoms with Crippen LogP contribution >= 0.6 is 12.6 Å². The predicted molar refractivity (Wildman–Crippen MR) is 117 cm³/mol. The van der Waals surface area contributed by atoms with Crippen molar-refractivity contribution < 1.29 is 19.5 Å². The standard InChI is InChI=1S/C23H26N2O4S/c26-21(20(30)15-17-10-5-2-6-11-17)24-18(14-16-8-3-1-4-9-16)22(27)25-13-7-12-19(25)23(28)29/h1-6,8-11,18-20,30H,7,12-15H2,(H,24,26)(H,28,29)/t18-,19-,20-/m0/s1. The van der Waals surface area contributed by atoms with Crippen LogP contribution in [0.4, 0.5) is 0 Å². The van der Waals surface area contributed by atoms with E-state index in [9.17, 15) is 19.5 Å². The van der Waals surface area contributed by atoms with Crippen LogP contribution < -0.4 is 5.32 Å². The van der Waals surface area contributed by atoms with Gasteiger partial charge in [0, 0.05) is 13.0 Å². The molecule has 0 radical (unpaired) electrons. The summed E-state index contributed by atoms with van der Waals surface area (Å²) in [5.74, 6) is -1.72. The van der Waals surface area contributed by atoms with Crippen molar-refractivity contribution >= 4 is 30.4 Å². The molecule has 1 fully saturated rings. The highest BCUT2D eigenvalue weighted by atomic mass is 32.1. The van der Waals surface area contributed by atoms with E-state index >= 15 is 0 Å². The van der Waals surface area contributed by atoms with Gasteiger partial charge in [-0.05, 0) is 30.4 Å². The van der Waals surface area contributed by atoms with E-state index in [1.807, 2.05) is 60.7 Å². The third-order valence-electron chi connectivity index (χ3n) is 5.29. The number of carbonyl (C=O) groups is 3. The van der Waals surface area contributed by atoms with Gasteiger partial charge in [0.25, 0.3) is 0 Å². The molecule has 3 rings (SSSR count). The number of thiol groups is 1. The van der Waals surface area contributed by atoms with Gasteiger partial charge in [-0.3, -0.25) is 9.59 Å². The van der Waals surface area contributed by atoms with Crippen molar-refractivity contribution in [2.24, 2.45) is 0 Å². The zero-order valence-corrected chi connectivity index (χ0v) is 17.5. The summed E-state index contributed by atoms with van der Waals surface area (Å²) in [7, 11) is 0. The quantitative estimate of drug-likeness (QED) is 0.566. The summed E-state index contributed by atoms with van der Waals surface area (Å²) in [6, 6.07) is 17.2. The molecule has 2 aromatic carbocycles. The van der Waals surface area contributed by atoms with Crippen molar-refractivity contribution in [2.45, 2.75) is 43.0 Å². The molecule has 2 amide bonds. The van der Waals surface area contributed by atoms with Crippen molar-refractivity contribution in [3.8, 4) is 0 Å². The lowest BCUT2D eigenvalue weighted by molar-refractivity contribution is -0.149. The Bertz CT molecular complexity index is 875. The van der Waals surface area contributed by atoms with Crippen LogP contribution in [-0.2, 0) is 27.2 Å². The molecule has 0 aromatic heterocycles. The molecule has 0 bridgehead atoms. The van der Waals surface area contributed by atoms with E-state index in [4.69, 9.17) is 0 Å². The fraction of sp³-hybridized carbons (Fsp3) is 0.348. The largest absolute Gasteiger partial charge is 0.480 e. The number of benzene rings is 2. The number of carboxylic acids is 1. The summed E-state index contributed by atoms with van der Waals surface area (Å²) in [4.78, 5) is 38.9. The van der Waals surface area contributed by atoms with E-state index in [0.29, 0.717) is 32.2 Å². The predicted octanol–water partition coefficient (Wildman–Crippen LogP) is 2.33. The van der Waals surface area contributed by atoms with E-state index in [2.05, 4.69) is 17.9 Å². The van der Waals surface area contributed by atoms with E-state index < -0.39 is 23.3 Å². The second-order valence-electron chi connectivity index (χ2n) is 7.48. The lowest BCUT2D eigenvalue weighted by Gasteiger charge is -2.28. The van der Waals surface area contributed by atoms with Crippen molar-refractivity contribution in [1.82, 2.24) is 10.2 Å². The van der Waals surface area contributed by atoms with E-state index in [1.54, 1.807) is 0 Å². The molecule has 0 aliphatic carbocycles. The second-order valence-corrected chi connectivity index (χ2v) is 8.11. The lowest BCUT2D eigenvalue weighted by Crippen LogP contribution is -2.53. The Hall–Kier alpha value is -2.80. The summed E-state index contributed by atoms with van der Waals surface area (Å²) in [5.41, 5.74) is 1.87. The summed E-state index contributed by atoms with van der Waals surface area (Å²) < 4.78 is 0. The number of aliphatic carboxylic acids is 1. The molecule has 6 nitrogen and oxygen atoms in total. The molecule has 0 spiro atoms. The van der Waals surface area contributed by atoms with Crippen LogP contribution in [0.1, 0.15) is 24.0 Å². The number of likely N-dealkylation sites (tertiary alicyclic amines) is 1. The van der Waals surface area contributed by atoms with Gasteiger partial charge in [-0.15, -0.1) is 0 Å². The maximum atomic E-state index is 13.2. The van der Waals surface area contributed by atoms with Gasteiger partial charge in [-0.25, -0.2) is 4.79 Å². The summed E-state index contributed by atoms with van der Waals surface area (Å²) in [5, 5.41) is 11.6. The number of nitrogens with one attached hydrogen (secondary N) is 1. The molecule has 2 aromatic rings. The van der Waals surface area contributed by atoms with E-state index in [-0.39, 0.29) is 11.8 Å². The van der Waals surface area contributed by atoms with E-state index in [1.165, 1.54) is 4.90 Å². The van der Waals surface area contributed by atoms with Crippen molar-refractivity contribution in [2.75, 3.05) is 6.54 Å². The highest BCUT2D eigenvalue weighted by Crippen LogP contribution is 2.20. The number of rotatable bonds is 8. The van der Waals surface area contributed by atoms with Crippen molar-refractivity contribution in [3.63, 3.8) is 0 Å². The van der Waals surface area contributed by atoms with Crippen LogP contribution in [0.3, 0.4) is 0 Å². The molecule has 1 saturated heterocycles. The third kappa shape index (κ3) is 5.63. The summed E-state index contributed by atoms with van der Waals surface area (Å²) in [6.07, 6.45) is 1.79. The van der Waals surface area contributed by atoms with Gasteiger partial charge in [0.1, 0.15) is 12.1 Å². The average molecular weight is 427 g/mol. The molecular weight excluding hydrogens is 400 g/mol. The molecule has 1 heterocycles. The lowest BCUT2D eigenvalue weighted by atomic mass is 10.0. The topological polar surface area (TPSA) is 86.7 Å². The smallest absolute Gasteiger partial charge is 0.326 e. The summed E-state index contributed by atoms with van der Waals surface area (Å²) in [6.45, 7) is 0.380. The molecule has 2 N–H and O–H groups in total. The first-order valence-corrected chi connectivity index (χ1v) is 10.6. The van der Waals surface area contributed by atoms with Gasteiger partial charge in [0.05, 0.1) is 5.25 Å². The second kappa shape index (κ2) is 10.3. The number of carboxylic acid groups (broad SMARTS) is 1. The summed E-state index contributed by atoms with van der Waals surface area (Å²) >= 11 is 4.43. The van der Waals surface area contributed by atoms with Gasteiger partial charge >= 0.3 is 5.97 Å². The Morgan fingerprint density at radius 1 is 1.00 bits per heavy atom. The maximum Gasteiger partial charge on any atom is 0.326 e. The molecule has 3 atom stereocenters. The Labute approximate surface area is 181 Å². The van der Waals surface area contributed by atoms with Crippen molar-refractivity contribution in [3.05, 3.63) is 71.8 Å². The number of amides is 2. The first kappa shape index (κ1) is 21.9. The van der Waals surface area contributed by atoms with Crippen molar-refractivity contribution in [1.29, 1.82) is 0 Å². The minimum atomic E-state index is -1.01. The fourth-order valence-electron chi connectivity index (χ4n) is 3.74. The molecule has 158 valence electrons. The van der Waals surface area contributed by atoms with Crippen LogP contribution in [0, 0.1) is 0 Å². The Morgan fingerprint density at radius 2 is 1.57 bits per heavy atom. The molecule has 1 aliphatic heterocycles. The third-order valence-corrected chi connectivity index (χ3v) is 5.71. The molecule has 1 aliphatic rings. The number of carbonyl (C=O) groups excluding carboxylic acids is 2. The highest BCUT2D eigenvalue weighted by Gasteiger charge is 2.38. The zero-order chi connectivity index (χ0) is 21.5. The highest BCUT2D eigenvalue weighted by molar-refractivity contribution is 7.81. The first-order valence-electron chi connectivity index (χ1n) is 10.1. The van der Waals surface area contributed by atoms with Gasteiger partial charge < -0.3 is 15.3 Å². The SMILES string of the molecule is O=C(N[C@@H](Cc1ccccc1)C(=O)N1CCC[C@H]1C(=O)O)[C@@H](S)Cc1ccccc1. The number of nitrogens with zero attached hydrogens (tertiary/aromatic N) is 1. The van der Waals surface area contributed by atoms with Crippen LogP contribution in [-0.4, -0.2) is 51.7 Å². The van der Waals surface area contributed by atoms with Crippen LogP contribution in [0.15, 0.2) is 60.7 Å². The molecule has 7 heteroatoms. The van der Waals surface area contributed by atoms with Crippen LogP contribution in [0.25, 0.3) is 0 Å². The monoisotopic (exact) mass is 426 g/mol. The average Bonchev–Trinajstić information content (AvgIpc) is 3.24. The first-order chi connectivity index (χ1) is 14.5. The minimum Gasteiger partial charge on any atom is -0.480 e. The van der Waals surface area contributed by atoms with Crippen LogP contribution in [0.2, 0.25) is 0 Å². The fourth-order valence-corrected chi connectivity index (χ4v) is 4.02. The normalized spacial score (nSPS) is 17.9. The molecular formula is C23H26N2O4S. The van der Waals surface area contributed by atoms with Gasteiger partial charge in [-0.2, -0.15) is 12.6 Å². The number of hydrogen-bond donors (Lipinski definition) is 3. The van der Waals surface area contributed by atoms with Gasteiger partial charge in [0.15, 0.2) is 0 Å². The molecule has 30 heavy (non-hydrogen) atoms. The van der Waals surface area contributed by atoms with Gasteiger partial charge in [0.2, 0.25) is 11.8 Å². The van der Waals surface area contributed by atoms with Gasteiger partial charge in [-0.1, -0.05) is 60.7 Å². The molecule has 0 saturated carbocycles. The maximum absolute atomic E-state index is 13.2. The van der Waals surface area contributed by atoms with E-state index in [0.717, 1.165) is 11.1 Å². The Morgan fingerprint density at radius 3 is 2.13 bits per heavy atom. The Kier molecular flexibility index (Phi) is 7.52.